The van der Waals surface area contributed by atoms with E-state index in [1.54, 1.807) is 0 Å². The Bertz CT molecular complexity index is 567. The minimum Gasteiger partial charge on any atom is -0.369 e. The molecule has 0 unspecified atom stereocenters. The maximum absolute atomic E-state index is 11.3. The number of nitrogens with one attached hydrogen (secondary N) is 2. The molecule has 0 aliphatic rings. The highest BCUT2D eigenvalue weighted by Crippen LogP contribution is 2.04. The number of ketones is 1. The molecule has 0 amide bonds. The first-order valence-corrected chi connectivity index (χ1v) is 3.84. The van der Waals surface area contributed by atoms with Crippen LogP contribution in [-0.2, 0) is 0 Å². The summed E-state index contributed by atoms with van der Waals surface area (Å²) in [6, 6.07) is 0. The van der Waals surface area contributed by atoms with Gasteiger partial charge in [-0.05, 0) is 0 Å². The molecule has 4 N–H and O–H groups in total. The Morgan fingerprint density at radius 2 is 2.07 bits per heavy atom. The number of carbonyl (C=O) groups excluding carboxylic acids is 1. The van der Waals surface area contributed by atoms with Gasteiger partial charge in [0.2, 0.25) is 5.95 Å². The van der Waals surface area contributed by atoms with E-state index >= 15 is 0 Å². The number of fused-ring (bicyclic) bond motifs is 1. The number of imidazole rings is 1. The highest BCUT2D eigenvalue weighted by Gasteiger charge is 2.10. The van der Waals surface area contributed by atoms with Crippen LogP contribution >= 0.6 is 0 Å². The van der Waals surface area contributed by atoms with Gasteiger partial charge in [0.15, 0.2) is 22.8 Å². The van der Waals surface area contributed by atoms with Crippen LogP contribution in [0.2, 0.25) is 0 Å². The average molecular weight is 193 g/mol. The molecule has 0 fully saturated rings. The first kappa shape index (κ1) is 8.42. The van der Waals surface area contributed by atoms with Gasteiger partial charge in [-0.2, -0.15) is 4.98 Å². The lowest BCUT2D eigenvalue weighted by molar-refractivity contribution is 0.100. The van der Waals surface area contributed by atoms with E-state index in [0.717, 1.165) is 0 Å². The number of hydrogen-bond acceptors (Lipinski definition) is 5. The van der Waals surface area contributed by atoms with Crippen molar-refractivity contribution in [2.45, 2.75) is 6.92 Å². The normalized spacial score (nSPS) is 10.6. The van der Waals surface area contributed by atoms with Gasteiger partial charge in [0, 0.05) is 6.92 Å². The van der Waals surface area contributed by atoms with Crippen LogP contribution in [-0.4, -0.2) is 25.7 Å². The van der Waals surface area contributed by atoms with Gasteiger partial charge in [0.05, 0.1) is 0 Å². The van der Waals surface area contributed by atoms with E-state index in [4.69, 9.17) is 5.73 Å². The minimum atomic E-state index is -0.437. The molecule has 2 aromatic heterocycles. The number of nitrogen functional groups attached to an aromatic ring is 1. The molecule has 0 aliphatic carbocycles. The topological polar surface area (TPSA) is 118 Å². The number of nitrogens with two attached hydrogens (primary N) is 1. The molecule has 7 nitrogen and oxygen atoms in total. The summed E-state index contributed by atoms with van der Waals surface area (Å²) >= 11 is 0. The molecule has 0 radical (unpaired) electrons. The molecular formula is C7H7N5O2. The molecule has 0 saturated carbocycles. The predicted molar refractivity (Wildman–Crippen MR) is 48.9 cm³/mol. The minimum absolute atomic E-state index is 0.0240. The van der Waals surface area contributed by atoms with Crippen molar-refractivity contribution in [1.29, 1.82) is 0 Å². The molecule has 2 rings (SSSR count). The Kier molecular flexibility index (Phi) is 1.60. The number of rotatable bonds is 1. The van der Waals surface area contributed by atoms with E-state index in [1.807, 2.05) is 0 Å². The van der Waals surface area contributed by atoms with E-state index in [1.165, 1.54) is 6.92 Å². The number of aromatic nitrogens is 4. The maximum Gasteiger partial charge on any atom is 0.278 e. The second-order valence-corrected chi connectivity index (χ2v) is 2.79. The Morgan fingerprint density at radius 3 is 2.71 bits per heavy atom. The number of H-pyrrole nitrogens is 2. The summed E-state index contributed by atoms with van der Waals surface area (Å²) in [5.41, 5.74) is 5.17. The summed E-state index contributed by atoms with van der Waals surface area (Å²) in [7, 11) is 0. The zero-order chi connectivity index (χ0) is 10.3. The molecule has 0 spiro atoms. The average Bonchev–Trinajstić information content (AvgIpc) is 2.47. The highest BCUT2D eigenvalue weighted by molar-refractivity contribution is 5.93. The lowest BCUT2D eigenvalue weighted by Crippen LogP contribution is -2.10. The monoisotopic (exact) mass is 193 g/mol. The second kappa shape index (κ2) is 2.66. The van der Waals surface area contributed by atoms with Crippen molar-refractivity contribution >= 4 is 22.9 Å². The number of aromatic amines is 2. The largest absolute Gasteiger partial charge is 0.369 e. The zero-order valence-corrected chi connectivity index (χ0v) is 7.29. The molecule has 0 aliphatic heterocycles. The van der Waals surface area contributed by atoms with Crippen LogP contribution in [0.4, 0.5) is 5.95 Å². The van der Waals surface area contributed by atoms with Crippen LogP contribution < -0.4 is 11.3 Å². The third-order valence-corrected chi connectivity index (χ3v) is 1.71. The molecule has 7 heteroatoms. The Balaban J connectivity index is 2.83. The third-order valence-electron chi connectivity index (χ3n) is 1.71. The fourth-order valence-electron chi connectivity index (χ4n) is 1.09. The lowest BCUT2D eigenvalue weighted by atomic mass is 10.4. The second-order valence-electron chi connectivity index (χ2n) is 2.79. The molecule has 0 aromatic carbocycles. The Hall–Kier alpha value is -2.18. The number of Topliss-reactive ketones (excluding diaryl/α,β-unsaturated/α-hetero) is 1. The fraction of sp³-hybridized carbons (Fsp3) is 0.143. The van der Waals surface area contributed by atoms with Crippen LogP contribution in [0.5, 0.6) is 0 Å². The smallest absolute Gasteiger partial charge is 0.278 e. The molecule has 0 saturated heterocycles. The zero-order valence-electron chi connectivity index (χ0n) is 7.29. The molecule has 2 aromatic rings. The van der Waals surface area contributed by atoms with Gasteiger partial charge in [-0.1, -0.05) is 0 Å². The van der Waals surface area contributed by atoms with Crippen molar-refractivity contribution in [3.8, 4) is 0 Å². The predicted octanol–water partition coefficient (Wildman–Crippen LogP) is -0.569. The van der Waals surface area contributed by atoms with Gasteiger partial charge < -0.3 is 10.7 Å². The van der Waals surface area contributed by atoms with Crippen molar-refractivity contribution < 1.29 is 4.79 Å². The van der Waals surface area contributed by atoms with Gasteiger partial charge in [-0.25, -0.2) is 4.98 Å². The van der Waals surface area contributed by atoms with Gasteiger partial charge >= 0.3 is 0 Å². The Labute approximate surface area is 77.4 Å². The highest BCUT2D eigenvalue weighted by atomic mass is 16.1. The van der Waals surface area contributed by atoms with Crippen molar-refractivity contribution in [3.05, 3.63) is 16.2 Å². The van der Waals surface area contributed by atoms with Crippen LogP contribution in [0, 0.1) is 0 Å². The number of nitrogens with zero attached hydrogens (tertiary/aromatic N) is 2. The van der Waals surface area contributed by atoms with Gasteiger partial charge in [-0.3, -0.25) is 14.6 Å². The lowest BCUT2D eigenvalue weighted by Gasteiger charge is -1.89. The summed E-state index contributed by atoms with van der Waals surface area (Å²) in [6.07, 6.45) is 0. The molecule has 2 heterocycles. The maximum atomic E-state index is 11.3. The van der Waals surface area contributed by atoms with E-state index in [9.17, 15) is 9.59 Å². The summed E-state index contributed by atoms with van der Waals surface area (Å²) in [5, 5.41) is 0. The standard InChI is InChI=1S/C7H7N5O2/c1-2(13)4-9-3-5(10-4)11-7(8)12-6(3)14/h1H3,(H4,8,9,10,11,12,14). The molecule has 14 heavy (non-hydrogen) atoms. The van der Waals surface area contributed by atoms with E-state index in [0.29, 0.717) is 0 Å². The molecule has 0 atom stereocenters. The number of anilines is 1. The van der Waals surface area contributed by atoms with E-state index < -0.39 is 5.56 Å². The van der Waals surface area contributed by atoms with Crippen molar-refractivity contribution in [1.82, 2.24) is 19.9 Å². The quantitative estimate of drug-likeness (QED) is 0.524. The van der Waals surface area contributed by atoms with Crippen LogP contribution in [0.25, 0.3) is 11.2 Å². The molecule has 0 bridgehead atoms. The SMILES string of the molecule is CC(=O)c1nc2nc(N)[nH]c(=O)c2[nH]1. The van der Waals surface area contributed by atoms with Gasteiger partial charge in [-0.15, -0.1) is 0 Å². The van der Waals surface area contributed by atoms with Crippen molar-refractivity contribution in [2.24, 2.45) is 0 Å². The first-order chi connectivity index (χ1) is 6.58. The summed E-state index contributed by atoms with van der Waals surface area (Å²) in [5.74, 6) is -0.186. The van der Waals surface area contributed by atoms with Crippen molar-refractivity contribution in [2.75, 3.05) is 5.73 Å². The van der Waals surface area contributed by atoms with Crippen molar-refractivity contribution in [3.63, 3.8) is 0 Å². The number of hydrogen-bond donors (Lipinski definition) is 3. The van der Waals surface area contributed by atoms with Crippen LogP contribution in [0.1, 0.15) is 17.5 Å². The fourth-order valence-corrected chi connectivity index (χ4v) is 1.09. The summed E-state index contributed by atoms with van der Waals surface area (Å²) < 4.78 is 0. The first-order valence-electron chi connectivity index (χ1n) is 3.84. The Morgan fingerprint density at radius 1 is 1.36 bits per heavy atom. The molecular weight excluding hydrogens is 186 g/mol. The van der Waals surface area contributed by atoms with E-state index in [-0.39, 0.29) is 28.7 Å². The van der Waals surface area contributed by atoms with Gasteiger partial charge in [0.25, 0.3) is 5.56 Å². The van der Waals surface area contributed by atoms with Crippen LogP contribution in [0.3, 0.4) is 0 Å². The van der Waals surface area contributed by atoms with E-state index in [2.05, 4.69) is 19.9 Å². The summed E-state index contributed by atoms with van der Waals surface area (Å²) in [4.78, 5) is 34.7. The van der Waals surface area contributed by atoms with Gasteiger partial charge in [0.1, 0.15) is 0 Å². The third kappa shape index (κ3) is 1.15. The summed E-state index contributed by atoms with van der Waals surface area (Å²) in [6.45, 7) is 1.34. The number of carbonyl (C=O) groups is 1. The molecule has 72 valence electrons. The van der Waals surface area contributed by atoms with Crippen LogP contribution in [0.15, 0.2) is 4.79 Å².